The maximum Gasteiger partial charge on any atom is 0.222 e. The molecule has 5 heteroatoms. The van der Waals surface area contributed by atoms with E-state index in [1.54, 1.807) is 6.92 Å². The molecule has 0 amide bonds. The third-order valence-corrected chi connectivity index (χ3v) is 1.18. The normalized spacial score (nSPS) is 12.6. The quantitative estimate of drug-likeness (QED) is 0.691. The van der Waals surface area contributed by atoms with Crippen molar-refractivity contribution < 1.29 is 9.50 Å². The van der Waals surface area contributed by atoms with Crippen LogP contribution in [0.3, 0.4) is 0 Å². The molecular weight excluding hydrogens is 161 g/mol. The number of hydrogen-bond donors (Lipinski definition) is 2. The van der Waals surface area contributed by atoms with Crippen LogP contribution >= 0.6 is 0 Å². The van der Waals surface area contributed by atoms with Crippen LogP contribution in [0.25, 0.3) is 0 Å². The number of anilines is 1. The largest absolute Gasteiger partial charge is 0.392 e. The lowest BCUT2D eigenvalue weighted by Crippen LogP contribution is -2.16. The Hall–Kier alpha value is -1.23. The van der Waals surface area contributed by atoms with E-state index in [9.17, 15) is 4.39 Å². The van der Waals surface area contributed by atoms with Crippen LogP contribution in [0.2, 0.25) is 0 Å². The number of hydrogen-bond acceptors (Lipinski definition) is 4. The lowest BCUT2D eigenvalue weighted by molar-refractivity contribution is 0.208. The molecule has 0 aliphatic rings. The Labute approximate surface area is 69.5 Å². The summed E-state index contributed by atoms with van der Waals surface area (Å²) in [5, 5.41) is 11.6. The van der Waals surface area contributed by atoms with Crippen LogP contribution < -0.4 is 5.32 Å². The Balaban J connectivity index is 2.48. The molecule has 0 saturated carbocycles. The lowest BCUT2D eigenvalue weighted by atomic mass is 10.4. The van der Waals surface area contributed by atoms with Gasteiger partial charge in [-0.15, -0.1) is 0 Å². The van der Waals surface area contributed by atoms with E-state index in [1.807, 2.05) is 0 Å². The highest BCUT2D eigenvalue weighted by Crippen LogP contribution is 1.97. The van der Waals surface area contributed by atoms with Gasteiger partial charge in [0.25, 0.3) is 0 Å². The molecule has 0 unspecified atom stereocenters. The smallest absolute Gasteiger partial charge is 0.222 e. The van der Waals surface area contributed by atoms with Crippen LogP contribution in [0.5, 0.6) is 0 Å². The molecule has 0 fully saturated rings. The molecule has 0 radical (unpaired) electrons. The summed E-state index contributed by atoms with van der Waals surface area (Å²) in [4.78, 5) is 7.28. The summed E-state index contributed by atoms with van der Waals surface area (Å²) in [5.74, 6) is -0.158. The second-order valence-electron chi connectivity index (χ2n) is 2.45. The van der Waals surface area contributed by atoms with Gasteiger partial charge in [0.1, 0.15) is 0 Å². The van der Waals surface area contributed by atoms with Gasteiger partial charge in [0.05, 0.1) is 18.5 Å². The zero-order chi connectivity index (χ0) is 8.97. The fourth-order valence-corrected chi connectivity index (χ4v) is 0.643. The van der Waals surface area contributed by atoms with E-state index in [0.29, 0.717) is 12.5 Å². The van der Waals surface area contributed by atoms with E-state index in [1.165, 1.54) is 0 Å². The number of rotatable bonds is 3. The molecule has 0 aliphatic carbocycles. The third kappa shape index (κ3) is 2.79. The minimum absolute atomic E-state index is 0.317. The van der Waals surface area contributed by atoms with Gasteiger partial charge in [0, 0.05) is 6.54 Å². The van der Waals surface area contributed by atoms with Crippen molar-refractivity contribution >= 4 is 5.95 Å². The van der Waals surface area contributed by atoms with E-state index in [2.05, 4.69) is 15.3 Å². The van der Waals surface area contributed by atoms with E-state index in [0.717, 1.165) is 12.4 Å². The zero-order valence-electron chi connectivity index (χ0n) is 6.66. The van der Waals surface area contributed by atoms with Gasteiger partial charge < -0.3 is 10.4 Å². The minimum Gasteiger partial charge on any atom is -0.392 e. The number of halogens is 1. The number of nitrogens with zero attached hydrogens (tertiary/aromatic N) is 2. The number of nitrogens with one attached hydrogen (secondary N) is 1. The molecule has 0 aliphatic heterocycles. The maximum absolute atomic E-state index is 12.3. The molecule has 1 atom stereocenters. The standard InChI is InChI=1S/C7H10FN3O/c1-5(12)2-9-7-10-3-6(8)4-11-7/h3-5,12H,2H2,1H3,(H,9,10,11)/t5-/m0/s1. The van der Waals surface area contributed by atoms with E-state index in [-0.39, 0.29) is 0 Å². The number of aliphatic hydroxyl groups excluding tert-OH is 1. The summed E-state index contributed by atoms with van der Waals surface area (Å²) in [6.07, 6.45) is 1.66. The van der Waals surface area contributed by atoms with Crippen molar-refractivity contribution in [2.75, 3.05) is 11.9 Å². The molecule has 2 N–H and O–H groups in total. The number of aliphatic hydroxyl groups is 1. The average Bonchev–Trinajstić information content (AvgIpc) is 2.03. The Bertz CT molecular complexity index is 237. The Morgan fingerprint density at radius 1 is 1.58 bits per heavy atom. The lowest BCUT2D eigenvalue weighted by Gasteiger charge is -2.05. The molecule has 0 aromatic carbocycles. The van der Waals surface area contributed by atoms with Gasteiger partial charge >= 0.3 is 0 Å². The molecule has 1 heterocycles. The van der Waals surface area contributed by atoms with Gasteiger partial charge in [-0.3, -0.25) is 0 Å². The predicted octanol–water partition coefficient (Wildman–Crippen LogP) is 0.408. The van der Waals surface area contributed by atoms with Crippen molar-refractivity contribution in [1.82, 2.24) is 9.97 Å². The molecule has 12 heavy (non-hydrogen) atoms. The summed E-state index contributed by atoms with van der Waals surface area (Å²) in [6, 6.07) is 0. The molecule has 1 rings (SSSR count). The van der Waals surface area contributed by atoms with Crippen LogP contribution in [0.4, 0.5) is 10.3 Å². The van der Waals surface area contributed by atoms with Crippen LogP contribution in [0, 0.1) is 5.82 Å². The topological polar surface area (TPSA) is 58.0 Å². The van der Waals surface area contributed by atoms with Gasteiger partial charge in [-0.2, -0.15) is 0 Å². The van der Waals surface area contributed by atoms with Crippen molar-refractivity contribution in [2.45, 2.75) is 13.0 Å². The van der Waals surface area contributed by atoms with Gasteiger partial charge in [-0.05, 0) is 6.92 Å². The van der Waals surface area contributed by atoms with E-state index < -0.39 is 11.9 Å². The van der Waals surface area contributed by atoms with Crippen molar-refractivity contribution in [1.29, 1.82) is 0 Å². The Kier molecular flexibility index (Phi) is 2.93. The summed E-state index contributed by atoms with van der Waals surface area (Å²) in [7, 11) is 0. The van der Waals surface area contributed by atoms with Gasteiger partial charge in [0.15, 0.2) is 5.82 Å². The molecule has 4 nitrogen and oxygen atoms in total. The highest BCUT2D eigenvalue weighted by atomic mass is 19.1. The fraction of sp³-hybridized carbons (Fsp3) is 0.429. The Morgan fingerprint density at radius 2 is 2.17 bits per heavy atom. The molecule has 0 spiro atoms. The number of aromatic nitrogens is 2. The first kappa shape index (κ1) is 8.86. The second kappa shape index (κ2) is 3.96. The summed E-state index contributed by atoms with van der Waals surface area (Å²) >= 11 is 0. The molecular formula is C7H10FN3O. The fourth-order valence-electron chi connectivity index (χ4n) is 0.643. The average molecular weight is 171 g/mol. The monoisotopic (exact) mass is 171 g/mol. The first-order valence-electron chi connectivity index (χ1n) is 3.58. The summed E-state index contributed by atoms with van der Waals surface area (Å²) in [5.41, 5.74) is 0. The van der Waals surface area contributed by atoms with Crippen LogP contribution in [-0.2, 0) is 0 Å². The van der Waals surface area contributed by atoms with Crippen LogP contribution in [0.15, 0.2) is 12.4 Å². The van der Waals surface area contributed by atoms with Gasteiger partial charge in [-0.25, -0.2) is 14.4 Å². The molecule has 0 saturated heterocycles. The molecule has 1 aromatic heterocycles. The van der Waals surface area contributed by atoms with Gasteiger partial charge in [-0.1, -0.05) is 0 Å². The molecule has 0 bridgehead atoms. The molecule has 1 aromatic rings. The first-order chi connectivity index (χ1) is 5.68. The van der Waals surface area contributed by atoms with Crippen LogP contribution in [0.1, 0.15) is 6.92 Å². The highest BCUT2D eigenvalue weighted by molar-refractivity contribution is 5.22. The molecule has 66 valence electrons. The first-order valence-corrected chi connectivity index (χ1v) is 3.58. The summed E-state index contributed by atoms with van der Waals surface area (Å²) < 4.78 is 12.3. The maximum atomic E-state index is 12.3. The van der Waals surface area contributed by atoms with Crippen molar-refractivity contribution in [2.24, 2.45) is 0 Å². The van der Waals surface area contributed by atoms with Crippen molar-refractivity contribution in [3.8, 4) is 0 Å². The van der Waals surface area contributed by atoms with Crippen molar-refractivity contribution in [3.63, 3.8) is 0 Å². The zero-order valence-corrected chi connectivity index (χ0v) is 6.66. The SMILES string of the molecule is C[C@H](O)CNc1ncc(F)cn1. The predicted molar refractivity (Wildman–Crippen MR) is 42.2 cm³/mol. The Morgan fingerprint density at radius 3 is 2.67 bits per heavy atom. The van der Waals surface area contributed by atoms with E-state index >= 15 is 0 Å². The van der Waals surface area contributed by atoms with Crippen molar-refractivity contribution in [3.05, 3.63) is 18.2 Å². The van der Waals surface area contributed by atoms with Crippen LogP contribution in [-0.4, -0.2) is 27.7 Å². The third-order valence-electron chi connectivity index (χ3n) is 1.18. The highest BCUT2D eigenvalue weighted by Gasteiger charge is 1.98. The van der Waals surface area contributed by atoms with E-state index in [4.69, 9.17) is 5.11 Å². The second-order valence-corrected chi connectivity index (χ2v) is 2.45. The summed E-state index contributed by atoms with van der Waals surface area (Å²) in [6.45, 7) is 1.99. The van der Waals surface area contributed by atoms with Gasteiger partial charge in [0.2, 0.25) is 5.95 Å². The minimum atomic E-state index is -0.474.